The number of carbonyl (C=O) groups excluding carboxylic acids is 1. The fourth-order valence-corrected chi connectivity index (χ4v) is 3.17. The summed E-state index contributed by atoms with van der Waals surface area (Å²) in [6.45, 7) is 6.72. The van der Waals surface area contributed by atoms with Crippen molar-refractivity contribution in [2.45, 2.75) is 38.7 Å². The fourth-order valence-electron chi connectivity index (χ4n) is 3.04. The normalized spacial score (nSPS) is 18.6. The molecular formula is C18H26ClNO2. The van der Waals surface area contributed by atoms with E-state index in [1.54, 1.807) is 7.11 Å². The molecule has 0 spiro atoms. The van der Waals surface area contributed by atoms with Crippen molar-refractivity contribution in [2.75, 3.05) is 26.7 Å². The zero-order valence-corrected chi connectivity index (χ0v) is 14.5. The molecule has 4 heteroatoms. The highest BCUT2D eigenvalue weighted by atomic mass is 35.5. The average molecular weight is 324 g/mol. The summed E-state index contributed by atoms with van der Waals surface area (Å²) in [5.74, 6) is 0.268. The van der Waals surface area contributed by atoms with Gasteiger partial charge in [0.2, 0.25) is 0 Å². The maximum absolute atomic E-state index is 12.6. The second-order valence-electron chi connectivity index (χ2n) is 6.40. The Labute approximate surface area is 138 Å². The molecule has 3 nitrogen and oxygen atoms in total. The van der Waals surface area contributed by atoms with Crippen LogP contribution in [0.3, 0.4) is 0 Å². The molecule has 0 unspecified atom stereocenters. The molecule has 1 atom stereocenters. The first-order chi connectivity index (χ1) is 10.5. The zero-order valence-electron chi connectivity index (χ0n) is 13.7. The van der Waals surface area contributed by atoms with E-state index in [9.17, 15) is 4.79 Å². The third-order valence-corrected chi connectivity index (χ3v) is 4.75. The number of ether oxygens (including phenoxy) is 1. The maximum Gasteiger partial charge on any atom is 0.144 e. The number of hydrogen-bond acceptors (Lipinski definition) is 3. The van der Waals surface area contributed by atoms with Crippen LogP contribution in [0, 0.1) is 5.92 Å². The van der Waals surface area contributed by atoms with Crippen molar-refractivity contribution < 1.29 is 9.53 Å². The number of likely N-dealkylation sites (tertiary alicyclic amines) is 1. The summed E-state index contributed by atoms with van der Waals surface area (Å²) in [7, 11) is 1.78. The van der Waals surface area contributed by atoms with Crippen LogP contribution in [0.2, 0.25) is 5.02 Å². The van der Waals surface area contributed by atoms with Crippen LogP contribution in [0.1, 0.15) is 38.2 Å². The van der Waals surface area contributed by atoms with Gasteiger partial charge in [0, 0.05) is 37.7 Å². The van der Waals surface area contributed by atoms with Crippen LogP contribution in [0.15, 0.2) is 24.3 Å². The number of methoxy groups -OCH3 is 1. The van der Waals surface area contributed by atoms with E-state index >= 15 is 0 Å². The van der Waals surface area contributed by atoms with Gasteiger partial charge in [-0.2, -0.15) is 0 Å². The number of benzene rings is 1. The van der Waals surface area contributed by atoms with Crippen molar-refractivity contribution in [2.24, 2.45) is 5.92 Å². The number of ketones is 1. The summed E-state index contributed by atoms with van der Waals surface area (Å²) in [5.41, 5.74) is 1.07. The van der Waals surface area contributed by atoms with Gasteiger partial charge < -0.3 is 9.64 Å². The molecule has 1 aliphatic rings. The van der Waals surface area contributed by atoms with Crippen molar-refractivity contribution in [1.29, 1.82) is 0 Å². The summed E-state index contributed by atoms with van der Waals surface area (Å²) < 4.78 is 5.42. The number of halogens is 1. The maximum atomic E-state index is 12.6. The molecule has 1 aromatic carbocycles. The summed E-state index contributed by atoms with van der Waals surface area (Å²) in [6, 6.07) is 7.70. The first kappa shape index (κ1) is 17.5. The van der Waals surface area contributed by atoms with Crippen molar-refractivity contribution >= 4 is 17.4 Å². The van der Waals surface area contributed by atoms with Gasteiger partial charge in [-0.1, -0.05) is 37.6 Å². The molecule has 0 aliphatic carbocycles. The molecule has 1 aromatic rings. The van der Waals surface area contributed by atoms with Gasteiger partial charge in [-0.05, 0) is 30.5 Å². The SMILES string of the molecule is COC1CCN(C[C@@H](C(=O)C(C)C)c2ccc(Cl)cc2)CC1. The Balaban J connectivity index is 2.08. The van der Waals surface area contributed by atoms with Crippen molar-refractivity contribution in [1.82, 2.24) is 4.90 Å². The Morgan fingerprint density at radius 1 is 1.27 bits per heavy atom. The summed E-state index contributed by atoms with van der Waals surface area (Å²) >= 11 is 5.97. The summed E-state index contributed by atoms with van der Waals surface area (Å²) in [5, 5.41) is 0.709. The molecule has 1 saturated heterocycles. The third-order valence-electron chi connectivity index (χ3n) is 4.49. The molecule has 0 saturated carbocycles. The van der Waals surface area contributed by atoms with Crippen LogP contribution in [0.5, 0.6) is 0 Å². The molecule has 1 fully saturated rings. The third kappa shape index (κ3) is 4.55. The molecule has 22 heavy (non-hydrogen) atoms. The van der Waals surface area contributed by atoms with Gasteiger partial charge in [-0.15, -0.1) is 0 Å². The van der Waals surface area contributed by atoms with Gasteiger partial charge in [0.05, 0.1) is 12.0 Å². The first-order valence-electron chi connectivity index (χ1n) is 8.05. The minimum atomic E-state index is -0.0728. The van der Waals surface area contributed by atoms with E-state index in [0.717, 1.165) is 38.0 Å². The highest BCUT2D eigenvalue weighted by Crippen LogP contribution is 2.25. The lowest BCUT2D eigenvalue weighted by Gasteiger charge is -2.33. The molecule has 0 radical (unpaired) electrons. The molecule has 1 aliphatic heterocycles. The van der Waals surface area contributed by atoms with E-state index in [1.165, 1.54) is 0 Å². The highest BCUT2D eigenvalue weighted by molar-refractivity contribution is 6.30. The number of Topliss-reactive ketones (excluding diaryl/α,β-unsaturated/α-hetero) is 1. The molecule has 1 heterocycles. The van der Waals surface area contributed by atoms with Gasteiger partial charge in [-0.3, -0.25) is 4.79 Å². The van der Waals surface area contributed by atoms with E-state index < -0.39 is 0 Å². The van der Waals surface area contributed by atoms with Crippen LogP contribution >= 0.6 is 11.6 Å². The Morgan fingerprint density at radius 3 is 2.36 bits per heavy atom. The zero-order chi connectivity index (χ0) is 16.1. The monoisotopic (exact) mass is 323 g/mol. The van der Waals surface area contributed by atoms with Gasteiger partial charge in [0.1, 0.15) is 5.78 Å². The summed E-state index contributed by atoms with van der Waals surface area (Å²) in [4.78, 5) is 15.0. The molecular weight excluding hydrogens is 298 g/mol. The lowest BCUT2D eigenvalue weighted by Crippen LogP contribution is -2.40. The smallest absolute Gasteiger partial charge is 0.144 e. The molecule has 0 N–H and O–H groups in total. The van der Waals surface area contributed by atoms with Gasteiger partial charge >= 0.3 is 0 Å². The van der Waals surface area contributed by atoms with E-state index in [0.29, 0.717) is 16.9 Å². The van der Waals surface area contributed by atoms with Crippen LogP contribution in [0.25, 0.3) is 0 Å². The predicted molar refractivity (Wildman–Crippen MR) is 90.5 cm³/mol. The van der Waals surface area contributed by atoms with Crippen LogP contribution in [-0.4, -0.2) is 43.5 Å². The molecule has 122 valence electrons. The van der Waals surface area contributed by atoms with Gasteiger partial charge in [0.25, 0.3) is 0 Å². The van der Waals surface area contributed by atoms with Gasteiger partial charge in [-0.25, -0.2) is 0 Å². The highest BCUT2D eigenvalue weighted by Gasteiger charge is 2.27. The van der Waals surface area contributed by atoms with Crippen molar-refractivity contribution in [3.8, 4) is 0 Å². The van der Waals surface area contributed by atoms with Crippen molar-refractivity contribution in [3.63, 3.8) is 0 Å². The van der Waals surface area contributed by atoms with Crippen LogP contribution < -0.4 is 0 Å². The van der Waals surface area contributed by atoms with Gasteiger partial charge in [0.15, 0.2) is 0 Å². The molecule has 0 aromatic heterocycles. The number of nitrogens with zero attached hydrogens (tertiary/aromatic N) is 1. The predicted octanol–water partition coefficient (Wildman–Crippen LogP) is 3.76. The van der Waals surface area contributed by atoms with E-state index in [4.69, 9.17) is 16.3 Å². The van der Waals surface area contributed by atoms with E-state index in [-0.39, 0.29) is 11.8 Å². The van der Waals surface area contributed by atoms with Crippen LogP contribution in [-0.2, 0) is 9.53 Å². The fraction of sp³-hybridized carbons (Fsp3) is 0.611. The van der Waals surface area contributed by atoms with E-state index in [1.807, 2.05) is 38.1 Å². The average Bonchev–Trinajstić information content (AvgIpc) is 2.53. The summed E-state index contributed by atoms with van der Waals surface area (Å²) in [6.07, 6.45) is 2.45. The lowest BCUT2D eigenvalue weighted by atomic mass is 9.88. The van der Waals surface area contributed by atoms with E-state index in [2.05, 4.69) is 4.90 Å². The largest absolute Gasteiger partial charge is 0.381 e. The minimum Gasteiger partial charge on any atom is -0.381 e. The number of rotatable bonds is 6. The minimum absolute atomic E-state index is 0.0391. The lowest BCUT2D eigenvalue weighted by molar-refractivity contribution is -0.124. The Bertz CT molecular complexity index is 478. The second kappa shape index (κ2) is 8.09. The van der Waals surface area contributed by atoms with Crippen molar-refractivity contribution in [3.05, 3.63) is 34.9 Å². The Hall–Kier alpha value is -0.900. The molecule has 0 bridgehead atoms. The van der Waals surface area contributed by atoms with Crippen LogP contribution in [0.4, 0.5) is 0 Å². The number of carbonyl (C=O) groups is 1. The number of hydrogen-bond donors (Lipinski definition) is 0. The first-order valence-corrected chi connectivity index (χ1v) is 8.43. The molecule has 0 amide bonds. The quantitative estimate of drug-likeness (QED) is 0.798. The Morgan fingerprint density at radius 2 is 1.86 bits per heavy atom. The topological polar surface area (TPSA) is 29.5 Å². The number of piperidine rings is 1. The molecule has 2 rings (SSSR count). The second-order valence-corrected chi connectivity index (χ2v) is 6.83. The standard InChI is InChI=1S/C18H26ClNO2/c1-13(2)18(21)17(14-4-6-15(19)7-5-14)12-20-10-8-16(22-3)9-11-20/h4-7,13,16-17H,8-12H2,1-3H3/t17-/m1/s1. The Kier molecular flexibility index (Phi) is 6.42.